The quantitative estimate of drug-likeness (QED) is 0.849. The fourth-order valence-electron chi connectivity index (χ4n) is 2.66. The van der Waals surface area contributed by atoms with Gasteiger partial charge in [-0.05, 0) is 30.5 Å². The van der Waals surface area contributed by atoms with Gasteiger partial charge in [0, 0.05) is 32.6 Å². The molecule has 1 heterocycles. The van der Waals surface area contributed by atoms with Gasteiger partial charge < -0.3 is 9.80 Å². The number of halogens is 1. The molecule has 1 aromatic rings. The molecule has 0 aromatic heterocycles. The van der Waals surface area contributed by atoms with Gasteiger partial charge in [-0.2, -0.15) is 5.26 Å². The van der Waals surface area contributed by atoms with Crippen LogP contribution in [-0.2, 0) is 16.0 Å². The van der Waals surface area contributed by atoms with Crippen LogP contribution in [0.1, 0.15) is 24.8 Å². The Kier molecular flexibility index (Phi) is 6.10. The first kappa shape index (κ1) is 16.9. The molecule has 2 rings (SSSR count). The Morgan fingerprint density at radius 2 is 1.65 bits per heavy atom. The number of hydrogen-bond acceptors (Lipinski definition) is 3. The summed E-state index contributed by atoms with van der Waals surface area (Å²) >= 11 is 0. The third kappa shape index (κ3) is 5.06. The van der Waals surface area contributed by atoms with E-state index >= 15 is 0 Å². The lowest BCUT2D eigenvalue weighted by Crippen LogP contribution is -2.37. The molecule has 0 bridgehead atoms. The maximum absolute atomic E-state index is 12.9. The topological polar surface area (TPSA) is 64.4 Å². The first-order valence-electron chi connectivity index (χ1n) is 7.77. The average Bonchev–Trinajstić information content (AvgIpc) is 2.80. The second kappa shape index (κ2) is 8.28. The van der Waals surface area contributed by atoms with E-state index in [4.69, 9.17) is 5.26 Å². The molecule has 0 aliphatic carbocycles. The molecule has 1 saturated heterocycles. The number of nitriles is 1. The van der Waals surface area contributed by atoms with Gasteiger partial charge in [0.05, 0.1) is 6.07 Å². The monoisotopic (exact) mass is 317 g/mol. The van der Waals surface area contributed by atoms with E-state index in [1.54, 1.807) is 21.9 Å². The van der Waals surface area contributed by atoms with Crippen molar-refractivity contribution in [1.82, 2.24) is 9.80 Å². The number of carbonyl (C=O) groups is 2. The van der Waals surface area contributed by atoms with Crippen LogP contribution in [0.2, 0.25) is 0 Å². The minimum absolute atomic E-state index is 0.0453. The summed E-state index contributed by atoms with van der Waals surface area (Å²) in [6.07, 6.45) is 1.56. The van der Waals surface area contributed by atoms with Gasteiger partial charge in [-0.25, -0.2) is 4.39 Å². The summed E-state index contributed by atoms with van der Waals surface area (Å²) in [5.41, 5.74) is 0.931. The summed E-state index contributed by atoms with van der Waals surface area (Å²) in [6.45, 7) is 2.18. The lowest BCUT2D eigenvalue weighted by atomic mass is 10.1. The zero-order chi connectivity index (χ0) is 16.7. The summed E-state index contributed by atoms with van der Waals surface area (Å²) in [6, 6.07) is 8.03. The fraction of sp³-hybridized carbons (Fsp3) is 0.471. The van der Waals surface area contributed by atoms with Gasteiger partial charge in [0.1, 0.15) is 12.2 Å². The molecule has 0 N–H and O–H groups in total. The molecule has 0 radical (unpaired) electrons. The second-order valence-corrected chi connectivity index (χ2v) is 5.58. The third-order valence-corrected chi connectivity index (χ3v) is 3.97. The van der Waals surface area contributed by atoms with Crippen LogP contribution >= 0.6 is 0 Å². The Morgan fingerprint density at radius 3 is 2.26 bits per heavy atom. The van der Waals surface area contributed by atoms with Crippen molar-refractivity contribution < 1.29 is 14.0 Å². The number of rotatable bonds is 4. The highest BCUT2D eigenvalue weighted by Crippen LogP contribution is 2.10. The molecule has 0 saturated carbocycles. The van der Waals surface area contributed by atoms with Crippen molar-refractivity contribution in [2.24, 2.45) is 0 Å². The predicted molar refractivity (Wildman–Crippen MR) is 82.7 cm³/mol. The highest BCUT2D eigenvalue weighted by Gasteiger charge is 2.21. The third-order valence-electron chi connectivity index (χ3n) is 3.97. The van der Waals surface area contributed by atoms with Crippen molar-refractivity contribution in [3.8, 4) is 6.07 Å². The molecular weight excluding hydrogens is 297 g/mol. The standard InChI is InChI=1S/C17H20FN3O2/c18-15-5-2-14(3-6-15)4-7-16(22)20-10-1-11-21(13-12-20)17(23)8-9-19/h2-3,5-6H,1,4,7-8,10-13H2. The van der Waals surface area contributed by atoms with E-state index < -0.39 is 0 Å². The molecule has 1 aliphatic heterocycles. The first-order valence-corrected chi connectivity index (χ1v) is 7.77. The van der Waals surface area contributed by atoms with Crippen LogP contribution in [0.4, 0.5) is 4.39 Å². The van der Waals surface area contributed by atoms with Crippen LogP contribution in [0, 0.1) is 17.1 Å². The number of carbonyl (C=O) groups excluding carboxylic acids is 2. The maximum atomic E-state index is 12.9. The molecule has 0 atom stereocenters. The van der Waals surface area contributed by atoms with Crippen molar-refractivity contribution in [2.75, 3.05) is 26.2 Å². The molecular formula is C17H20FN3O2. The summed E-state index contributed by atoms with van der Waals surface area (Å²) < 4.78 is 12.9. The van der Waals surface area contributed by atoms with E-state index in [9.17, 15) is 14.0 Å². The normalized spacial score (nSPS) is 15.0. The van der Waals surface area contributed by atoms with Gasteiger partial charge in [0.2, 0.25) is 11.8 Å². The Hall–Kier alpha value is -2.42. The molecule has 0 spiro atoms. The number of benzene rings is 1. The van der Waals surface area contributed by atoms with Gasteiger partial charge in [-0.3, -0.25) is 9.59 Å². The van der Waals surface area contributed by atoms with Gasteiger partial charge in [-0.15, -0.1) is 0 Å². The van der Waals surface area contributed by atoms with E-state index in [1.165, 1.54) is 12.1 Å². The summed E-state index contributed by atoms with van der Waals surface area (Å²) in [5, 5.41) is 8.59. The van der Waals surface area contributed by atoms with Crippen molar-refractivity contribution >= 4 is 11.8 Å². The number of amides is 2. The van der Waals surface area contributed by atoms with Gasteiger partial charge >= 0.3 is 0 Å². The number of nitrogens with zero attached hydrogens (tertiary/aromatic N) is 3. The zero-order valence-corrected chi connectivity index (χ0v) is 13.0. The lowest BCUT2D eigenvalue weighted by molar-refractivity contribution is -0.133. The minimum Gasteiger partial charge on any atom is -0.341 e. The van der Waals surface area contributed by atoms with Crippen LogP contribution < -0.4 is 0 Å². The predicted octanol–water partition coefficient (Wildman–Crippen LogP) is 1.73. The van der Waals surface area contributed by atoms with Crippen molar-refractivity contribution in [3.63, 3.8) is 0 Å². The Morgan fingerprint density at radius 1 is 1.04 bits per heavy atom. The summed E-state index contributed by atoms with van der Waals surface area (Å²) in [4.78, 5) is 27.4. The molecule has 6 heteroatoms. The van der Waals surface area contributed by atoms with Gasteiger partial charge in [0.25, 0.3) is 0 Å². The molecule has 5 nitrogen and oxygen atoms in total. The van der Waals surface area contributed by atoms with Crippen LogP contribution in [0.25, 0.3) is 0 Å². The van der Waals surface area contributed by atoms with Crippen molar-refractivity contribution in [1.29, 1.82) is 5.26 Å². The molecule has 0 unspecified atom stereocenters. The van der Waals surface area contributed by atoms with E-state index in [0.29, 0.717) is 39.0 Å². The largest absolute Gasteiger partial charge is 0.341 e. The number of aryl methyl sites for hydroxylation is 1. The van der Waals surface area contributed by atoms with E-state index in [1.807, 2.05) is 6.07 Å². The lowest BCUT2D eigenvalue weighted by Gasteiger charge is -2.21. The minimum atomic E-state index is -0.283. The number of hydrogen-bond donors (Lipinski definition) is 0. The zero-order valence-electron chi connectivity index (χ0n) is 13.0. The van der Waals surface area contributed by atoms with Crippen molar-refractivity contribution in [3.05, 3.63) is 35.6 Å². The van der Waals surface area contributed by atoms with Crippen LogP contribution in [-0.4, -0.2) is 47.8 Å². The molecule has 23 heavy (non-hydrogen) atoms. The van der Waals surface area contributed by atoms with Crippen LogP contribution in [0.3, 0.4) is 0 Å². The molecule has 1 fully saturated rings. The summed E-state index contributed by atoms with van der Waals surface area (Å²) in [7, 11) is 0. The van der Waals surface area contributed by atoms with Gasteiger partial charge in [-0.1, -0.05) is 12.1 Å². The molecule has 1 aliphatic rings. The fourth-order valence-corrected chi connectivity index (χ4v) is 2.66. The first-order chi connectivity index (χ1) is 11.1. The van der Waals surface area contributed by atoms with E-state index in [-0.39, 0.29) is 24.1 Å². The summed E-state index contributed by atoms with van der Waals surface area (Å²) in [5.74, 6) is -0.410. The SMILES string of the molecule is N#CCC(=O)N1CCCN(C(=O)CCc2ccc(F)cc2)CC1. The van der Waals surface area contributed by atoms with E-state index in [2.05, 4.69) is 0 Å². The molecule has 2 amide bonds. The van der Waals surface area contributed by atoms with Crippen LogP contribution in [0.5, 0.6) is 0 Å². The van der Waals surface area contributed by atoms with Crippen LogP contribution in [0.15, 0.2) is 24.3 Å². The Balaban J connectivity index is 1.82. The smallest absolute Gasteiger partial charge is 0.236 e. The Labute approximate surface area is 135 Å². The van der Waals surface area contributed by atoms with Crippen molar-refractivity contribution in [2.45, 2.75) is 25.7 Å². The second-order valence-electron chi connectivity index (χ2n) is 5.58. The highest BCUT2D eigenvalue weighted by molar-refractivity contribution is 5.79. The van der Waals surface area contributed by atoms with Gasteiger partial charge in [0.15, 0.2) is 0 Å². The highest BCUT2D eigenvalue weighted by atomic mass is 19.1. The molecule has 122 valence electrons. The maximum Gasteiger partial charge on any atom is 0.236 e. The molecule has 1 aromatic carbocycles. The van der Waals surface area contributed by atoms with E-state index in [0.717, 1.165) is 12.0 Å². The Bertz CT molecular complexity index is 595. The average molecular weight is 317 g/mol.